The first-order chi connectivity index (χ1) is 13.1. The van der Waals surface area contributed by atoms with Gasteiger partial charge in [0.15, 0.2) is 5.65 Å². The zero-order valence-corrected chi connectivity index (χ0v) is 17.0. The first-order valence-electron chi connectivity index (χ1n) is 8.86. The molecule has 0 aliphatic carbocycles. The smallest absolute Gasteiger partial charge is 0.408 e. The highest BCUT2D eigenvalue weighted by atomic mass is 32.2. The topological polar surface area (TPSA) is 90.3 Å². The van der Waals surface area contributed by atoms with Gasteiger partial charge in [0.05, 0.1) is 16.6 Å². The van der Waals surface area contributed by atoms with E-state index < -0.39 is 27.8 Å². The summed E-state index contributed by atoms with van der Waals surface area (Å²) in [6.07, 6.45) is 0.921. The monoisotopic (exact) mass is 401 g/mol. The molecule has 0 spiro atoms. The van der Waals surface area contributed by atoms with Crippen molar-refractivity contribution < 1.29 is 17.9 Å². The molecule has 0 saturated carbocycles. The lowest BCUT2D eigenvalue weighted by molar-refractivity contribution is 0.0507. The van der Waals surface area contributed by atoms with Crippen LogP contribution in [-0.4, -0.2) is 29.1 Å². The minimum atomic E-state index is -3.77. The SMILES string of the molecule is C[C@@H](NC(=O)OC(C)(C)C)c1ccc2ccn(S(=O)(=O)c3ccccc3)c2n1. The number of carbonyl (C=O) groups excluding carboxylic acids is 1. The number of hydrogen-bond acceptors (Lipinski definition) is 5. The molecule has 0 saturated heterocycles. The van der Waals surface area contributed by atoms with Crippen molar-refractivity contribution in [3.8, 4) is 0 Å². The third-order valence-corrected chi connectivity index (χ3v) is 5.68. The van der Waals surface area contributed by atoms with Gasteiger partial charge in [-0.2, -0.15) is 0 Å². The third kappa shape index (κ3) is 4.17. The van der Waals surface area contributed by atoms with Crippen LogP contribution in [0.15, 0.2) is 59.6 Å². The second-order valence-corrected chi connectivity index (χ2v) is 9.26. The van der Waals surface area contributed by atoms with Gasteiger partial charge in [-0.05, 0) is 58.0 Å². The highest BCUT2D eigenvalue weighted by Gasteiger charge is 2.22. The van der Waals surface area contributed by atoms with E-state index in [2.05, 4.69) is 10.3 Å². The van der Waals surface area contributed by atoms with E-state index in [1.807, 2.05) is 0 Å². The van der Waals surface area contributed by atoms with Crippen molar-refractivity contribution in [1.29, 1.82) is 0 Å². The average molecular weight is 401 g/mol. The molecule has 0 radical (unpaired) electrons. The molecule has 1 aromatic carbocycles. The summed E-state index contributed by atoms with van der Waals surface area (Å²) in [6.45, 7) is 7.10. The van der Waals surface area contributed by atoms with Gasteiger partial charge in [0, 0.05) is 11.6 Å². The maximum Gasteiger partial charge on any atom is 0.408 e. The Bertz CT molecular complexity index is 1100. The molecular formula is C20H23N3O4S. The van der Waals surface area contributed by atoms with Crippen LogP contribution in [0.2, 0.25) is 0 Å². The van der Waals surface area contributed by atoms with Gasteiger partial charge in [0.25, 0.3) is 10.0 Å². The Balaban J connectivity index is 1.94. The lowest BCUT2D eigenvalue weighted by Crippen LogP contribution is -2.34. The number of carbonyl (C=O) groups is 1. The van der Waals surface area contributed by atoms with Crippen LogP contribution in [0.4, 0.5) is 4.79 Å². The first kappa shape index (κ1) is 19.9. The molecule has 148 valence electrons. The van der Waals surface area contributed by atoms with E-state index in [0.717, 1.165) is 3.97 Å². The molecular weight excluding hydrogens is 378 g/mol. The zero-order valence-electron chi connectivity index (χ0n) is 16.2. The number of pyridine rings is 1. The van der Waals surface area contributed by atoms with E-state index >= 15 is 0 Å². The molecule has 1 N–H and O–H groups in total. The molecule has 0 aliphatic heterocycles. The molecule has 3 rings (SSSR count). The molecule has 1 amide bonds. The van der Waals surface area contributed by atoms with Gasteiger partial charge < -0.3 is 10.1 Å². The maximum absolute atomic E-state index is 13.0. The summed E-state index contributed by atoms with van der Waals surface area (Å²) < 4.78 is 32.3. The second-order valence-electron chi connectivity index (χ2n) is 7.45. The van der Waals surface area contributed by atoms with E-state index in [9.17, 15) is 13.2 Å². The number of nitrogens with zero attached hydrogens (tertiary/aromatic N) is 2. The highest BCUT2D eigenvalue weighted by Crippen LogP contribution is 2.23. The van der Waals surface area contributed by atoms with Crippen LogP contribution < -0.4 is 5.32 Å². The zero-order chi connectivity index (χ0) is 20.5. The first-order valence-corrected chi connectivity index (χ1v) is 10.3. The fraction of sp³-hybridized carbons (Fsp3) is 0.300. The Morgan fingerprint density at radius 3 is 2.43 bits per heavy atom. The summed E-state index contributed by atoms with van der Waals surface area (Å²) in [5.41, 5.74) is 0.223. The van der Waals surface area contributed by atoms with E-state index in [-0.39, 0.29) is 4.90 Å². The summed E-state index contributed by atoms with van der Waals surface area (Å²) in [5, 5.41) is 3.40. The van der Waals surface area contributed by atoms with Crippen molar-refractivity contribution in [3.63, 3.8) is 0 Å². The molecule has 0 bridgehead atoms. The molecule has 7 nitrogen and oxygen atoms in total. The Morgan fingerprint density at radius 2 is 1.79 bits per heavy atom. The van der Waals surface area contributed by atoms with E-state index in [1.165, 1.54) is 18.3 Å². The van der Waals surface area contributed by atoms with Crippen LogP contribution in [0.1, 0.15) is 39.4 Å². The Labute approximate surface area is 164 Å². The molecule has 8 heteroatoms. The van der Waals surface area contributed by atoms with Gasteiger partial charge in [-0.15, -0.1) is 0 Å². The molecule has 2 aromatic heterocycles. The van der Waals surface area contributed by atoms with E-state index in [1.54, 1.807) is 64.1 Å². The Kier molecular flexibility index (Phi) is 5.16. The molecule has 3 aromatic rings. The fourth-order valence-corrected chi connectivity index (χ4v) is 4.02. The minimum absolute atomic E-state index is 0.180. The van der Waals surface area contributed by atoms with Gasteiger partial charge in [0.2, 0.25) is 0 Å². The molecule has 0 aliphatic rings. The van der Waals surface area contributed by atoms with Crippen molar-refractivity contribution in [2.45, 2.75) is 44.2 Å². The van der Waals surface area contributed by atoms with Crippen LogP contribution in [0.3, 0.4) is 0 Å². The standard InChI is InChI=1S/C20H23N3O4S/c1-14(21-19(24)27-20(2,3)4)17-11-10-15-12-13-23(18(15)22-17)28(25,26)16-8-6-5-7-9-16/h5-14H,1-4H3,(H,21,24)/t14-/m1/s1. The largest absolute Gasteiger partial charge is 0.444 e. The number of alkyl carbamates (subject to hydrolysis) is 1. The van der Waals surface area contributed by atoms with Crippen molar-refractivity contribution in [2.75, 3.05) is 0 Å². The molecule has 0 unspecified atom stereocenters. The van der Waals surface area contributed by atoms with Crippen LogP contribution in [0.25, 0.3) is 11.0 Å². The predicted octanol–water partition coefficient (Wildman–Crippen LogP) is 3.86. The Hall–Kier alpha value is -2.87. The normalized spacial score (nSPS) is 13.3. The lowest BCUT2D eigenvalue weighted by atomic mass is 10.2. The summed E-state index contributed by atoms with van der Waals surface area (Å²) >= 11 is 0. The van der Waals surface area contributed by atoms with Crippen LogP contribution in [0, 0.1) is 0 Å². The van der Waals surface area contributed by atoms with Gasteiger partial charge >= 0.3 is 6.09 Å². The molecule has 1 atom stereocenters. The number of amides is 1. The summed E-state index contributed by atoms with van der Waals surface area (Å²) in [6, 6.07) is 12.9. The number of benzene rings is 1. The van der Waals surface area contributed by atoms with Gasteiger partial charge in [-0.3, -0.25) is 0 Å². The molecule has 0 fully saturated rings. The quantitative estimate of drug-likeness (QED) is 0.717. The maximum atomic E-state index is 13.0. The number of nitrogens with one attached hydrogen (secondary N) is 1. The number of hydrogen-bond donors (Lipinski definition) is 1. The predicted molar refractivity (Wildman–Crippen MR) is 107 cm³/mol. The van der Waals surface area contributed by atoms with Gasteiger partial charge in [-0.1, -0.05) is 18.2 Å². The van der Waals surface area contributed by atoms with E-state index in [4.69, 9.17) is 4.74 Å². The summed E-state index contributed by atoms with van der Waals surface area (Å²) in [5.74, 6) is 0. The van der Waals surface area contributed by atoms with Crippen molar-refractivity contribution in [1.82, 2.24) is 14.3 Å². The van der Waals surface area contributed by atoms with Crippen molar-refractivity contribution in [3.05, 3.63) is 60.4 Å². The average Bonchev–Trinajstić information content (AvgIpc) is 3.04. The van der Waals surface area contributed by atoms with Crippen molar-refractivity contribution in [2.24, 2.45) is 0 Å². The van der Waals surface area contributed by atoms with Crippen LogP contribution in [0.5, 0.6) is 0 Å². The summed E-state index contributed by atoms with van der Waals surface area (Å²) in [4.78, 5) is 16.7. The van der Waals surface area contributed by atoms with Crippen LogP contribution >= 0.6 is 0 Å². The minimum Gasteiger partial charge on any atom is -0.444 e. The van der Waals surface area contributed by atoms with Gasteiger partial charge in [0.1, 0.15) is 5.60 Å². The molecule has 2 heterocycles. The lowest BCUT2D eigenvalue weighted by Gasteiger charge is -2.21. The van der Waals surface area contributed by atoms with Crippen LogP contribution in [-0.2, 0) is 14.8 Å². The highest BCUT2D eigenvalue weighted by molar-refractivity contribution is 7.90. The second kappa shape index (κ2) is 7.27. The van der Waals surface area contributed by atoms with Gasteiger partial charge in [-0.25, -0.2) is 22.2 Å². The Morgan fingerprint density at radius 1 is 1.11 bits per heavy atom. The number of ether oxygens (including phenoxy) is 1. The fourth-order valence-electron chi connectivity index (χ4n) is 2.70. The van der Waals surface area contributed by atoms with Crippen molar-refractivity contribution >= 4 is 27.1 Å². The number of fused-ring (bicyclic) bond motifs is 1. The number of aromatic nitrogens is 2. The number of rotatable bonds is 4. The van der Waals surface area contributed by atoms with E-state index in [0.29, 0.717) is 16.7 Å². The summed E-state index contributed by atoms with van der Waals surface area (Å²) in [7, 11) is -3.77. The third-order valence-electron chi connectivity index (χ3n) is 4.00. The molecule has 28 heavy (non-hydrogen) atoms.